The molecule has 0 heterocycles. The number of nitrogen functional groups attached to an aromatic ring is 1. The Bertz CT molecular complexity index is 359. The van der Waals surface area contributed by atoms with E-state index >= 15 is 0 Å². The molecule has 0 bridgehead atoms. The summed E-state index contributed by atoms with van der Waals surface area (Å²) in [5, 5.41) is 0. The van der Waals surface area contributed by atoms with Crippen LogP contribution in [0.5, 0.6) is 5.75 Å². The Morgan fingerprint density at radius 3 is 2.60 bits per heavy atom. The second-order valence-corrected chi connectivity index (χ2v) is 3.92. The zero-order valence-electron chi connectivity index (χ0n) is 9.41. The van der Waals surface area contributed by atoms with E-state index in [1.165, 1.54) is 0 Å². The smallest absolute Gasteiger partial charge is 0.142 e. The fourth-order valence-corrected chi connectivity index (χ4v) is 1.36. The van der Waals surface area contributed by atoms with Crippen molar-refractivity contribution in [2.75, 3.05) is 5.73 Å². The molecule has 0 aliphatic carbocycles. The van der Waals surface area contributed by atoms with Crippen LogP contribution < -0.4 is 10.5 Å². The highest BCUT2D eigenvalue weighted by Gasteiger charge is 2.05. The second kappa shape index (κ2) is 4.82. The third-order valence-corrected chi connectivity index (χ3v) is 1.89. The second-order valence-electron chi connectivity index (χ2n) is 3.92. The van der Waals surface area contributed by atoms with Crippen molar-refractivity contribution >= 4 is 11.5 Å². The maximum absolute atomic E-state index is 10.9. The molecule has 0 aliphatic rings. The summed E-state index contributed by atoms with van der Waals surface area (Å²) in [6.45, 7) is 5.46. The van der Waals surface area contributed by atoms with Gasteiger partial charge in [-0.05, 0) is 38.5 Å². The van der Waals surface area contributed by atoms with E-state index < -0.39 is 0 Å². The van der Waals surface area contributed by atoms with Crippen molar-refractivity contribution in [3.05, 3.63) is 23.8 Å². The highest BCUT2D eigenvalue weighted by atomic mass is 16.5. The topological polar surface area (TPSA) is 52.3 Å². The number of benzene rings is 1. The van der Waals surface area contributed by atoms with Crippen molar-refractivity contribution in [2.24, 2.45) is 0 Å². The van der Waals surface area contributed by atoms with Crippen molar-refractivity contribution in [3.63, 3.8) is 0 Å². The minimum absolute atomic E-state index is 0.103. The number of carbonyl (C=O) groups is 1. The van der Waals surface area contributed by atoms with E-state index in [0.717, 1.165) is 5.56 Å². The molecule has 1 aromatic carbocycles. The molecule has 0 amide bonds. The van der Waals surface area contributed by atoms with Gasteiger partial charge in [-0.15, -0.1) is 0 Å². The van der Waals surface area contributed by atoms with Gasteiger partial charge in [-0.3, -0.25) is 4.79 Å². The largest absolute Gasteiger partial charge is 0.489 e. The van der Waals surface area contributed by atoms with E-state index in [2.05, 4.69) is 0 Å². The maximum Gasteiger partial charge on any atom is 0.142 e. The summed E-state index contributed by atoms with van der Waals surface area (Å²) in [6, 6.07) is 5.47. The van der Waals surface area contributed by atoms with Crippen molar-refractivity contribution in [1.29, 1.82) is 0 Å². The quantitative estimate of drug-likeness (QED) is 0.770. The van der Waals surface area contributed by atoms with Gasteiger partial charge >= 0.3 is 0 Å². The molecule has 3 heteroatoms. The van der Waals surface area contributed by atoms with Crippen molar-refractivity contribution in [3.8, 4) is 5.75 Å². The first-order chi connectivity index (χ1) is 6.99. The first kappa shape index (κ1) is 11.6. The van der Waals surface area contributed by atoms with E-state index in [9.17, 15) is 4.79 Å². The lowest BCUT2D eigenvalue weighted by Gasteiger charge is -2.12. The molecule has 0 radical (unpaired) electrons. The van der Waals surface area contributed by atoms with Crippen LogP contribution in [0.4, 0.5) is 5.69 Å². The van der Waals surface area contributed by atoms with Crippen LogP contribution >= 0.6 is 0 Å². The number of Topliss-reactive ketones (excluding diaryl/α,β-unsaturated/α-hetero) is 1. The third kappa shape index (κ3) is 3.62. The normalized spacial score (nSPS) is 10.4. The molecule has 2 N–H and O–H groups in total. The summed E-state index contributed by atoms with van der Waals surface area (Å²) in [7, 11) is 0. The Balaban J connectivity index is 2.83. The lowest BCUT2D eigenvalue weighted by atomic mass is 10.1. The number of anilines is 1. The number of ketones is 1. The van der Waals surface area contributed by atoms with E-state index in [1.54, 1.807) is 13.0 Å². The molecule has 82 valence electrons. The Hall–Kier alpha value is -1.51. The zero-order valence-corrected chi connectivity index (χ0v) is 9.41. The van der Waals surface area contributed by atoms with Crippen LogP contribution in [0.3, 0.4) is 0 Å². The number of rotatable bonds is 4. The Morgan fingerprint density at radius 1 is 1.47 bits per heavy atom. The fourth-order valence-electron chi connectivity index (χ4n) is 1.36. The average molecular weight is 207 g/mol. The summed E-state index contributed by atoms with van der Waals surface area (Å²) >= 11 is 0. The maximum atomic E-state index is 10.9. The number of nitrogens with two attached hydrogens (primary N) is 1. The van der Waals surface area contributed by atoms with Gasteiger partial charge in [0.2, 0.25) is 0 Å². The van der Waals surface area contributed by atoms with Gasteiger partial charge in [0.05, 0.1) is 11.8 Å². The van der Waals surface area contributed by atoms with Crippen LogP contribution in [0.2, 0.25) is 0 Å². The number of hydrogen-bond donors (Lipinski definition) is 1. The van der Waals surface area contributed by atoms with Gasteiger partial charge in [0, 0.05) is 6.42 Å². The summed E-state index contributed by atoms with van der Waals surface area (Å²) in [5.74, 6) is 0.809. The Kier molecular flexibility index (Phi) is 3.72. The Labute approximate surface area is 90.2 Å². The van der Waals surface area contributed by atoms with Gasteiger partial charge in [0.25, 0.3) is 0 Å². The van der Waals surface area contributed by atoms with Gasteiger partial charge in [-0.25, -0.2) is 0 Å². The fraction of sp³-hybridized carbons (Fsp3) is 0.417. The molecule has 0 aliphatic heterocycles. The lowest BCUT2D eigenvalue weighted by Crippen LogP contribution is -2.08. The molecule has 0 aromatic heterocycles. The van der Waals surface area contributed by atoms with E-state index in [1.807, 2.05) is 26.0 Å². The molecular weight excluding hydrogens is 190 g/mol. The first-order valence-electron chi connectivity index (χ1n) is 5.03. The molecule has 0 saturated carbocycles. The standard InChI is InChI=1S/C12H17NO2/c1-8(2)15-12-5-4-10(6-9(3)14)7-11(12)13/h4-5,7-8H,6,13H2,1-3H3. The number of carbonyl (C=O) groups excluding carboxylic acids is 1. The minimum atomic E-state index is 0.103. The van der Waals surface area contributed by atoms with Crippen LogP contribution in [-0.2, 0) is 11.2 Å². The highest BCUT2D eigenvalue weighted by Crippen LogP contribution is 2.23. The lowest BCUT2D eigenvalue weighted by molar-refractivity contribution is -0.116. The summed E-state index contributed by atoms with van der Waals surface area (Å²) in [5.41, 5.74) is 7.32. The molecule has 3 nitrogen and oxygen atoms in total. The minimum Gasteiger partial charge on any atom is -0.489 e. The van der Waals surface area contributed by atoms with Crippen LogP contribution in [0.1, 0.15) is 26.3 Å². The van der Waals surface area contributed by atoms with Gasteiger partial charge in [-0.1, -0.05) is 6.07 Å². The SMILES string of the molecule is CC(=O)Cc1ccc(OC(C)C)c(N)c1. The van der Waals surface area contributed by atoms with Crippen LogP contribution in [0.15, 0.2) is 18.2 Å². The average Bonchev–Trinajstić information content (AvgIpc) is 2.08. The highest BCUT2D eigenvalue weighted by molar-refractivity contribution is 5.78. The van der Waals surface area contributed by atoms with E-state index in [-0.39, 0.29) is 11.9 Å². The molecule has 15 heavy (non-hydrogen) atoms. The van der Waals surface area contributed by atoms with E-state index in [0.29, 0.717) is 17.9 Å². The van der Waals surface area contributed by atoms with Crippen molar-refractivity contribution in [2.45, 2.75) is 33.3 Å². The summed E-state index contributed by atoms with van der Waals surface area (Å²) in [4.78, 5) is 10.9. The number of hydrogen-bond acceptors (Lipinski definition) is 3. The van der Waals surface area contributed by atoms with Crippen LogP contribution in [-0.4, -0.2) is 11.9 Å². The predicted molar refractivity (Wildman–Crippen MR) is 61.0 cm³/mol. The van der Waals surface area contributed by atoms with Crippen molar-refractivity contribution in [1.82, 2.24) is 0 Å². The predicted octanol–water partition coefficient (Wildman–Crippen LogP) is 2.19. The molecule has 1 rings (SSSR count). The number of ether oxygens (including phenoxy) is 1. The van der Waals surface area contributed by atoms with E-state index in [4.69, 9.17) is 10.5 Å². The first-order valence-corrected chi connectivity index (χ1v) is 5.03. The van der Waals surface area contributed by atoms with Crippen LogP contribution in [0.25, 0.3) is 0 Å². The van der Waals surface area contributed by atoms with Crippen molar-refractivity contribution < 1.29 is 9.53 Å². The zero-order chi connectivity index (χ0) is 11.4. The third-order valence-electron chi connectivity index (χ3n) is 1.89. The van der Waals surface area contributed by atoms with Crippen LogP contribution in [0, 0.1) is 0 Å². The molecule has 0 spiro atoms. The molecule has 1 aromatic rings. The molecule has 0 saturated heterocycles. The van der Waals surface area contributed by atoms with Gasteiger partial charge in [-0.2, -0.15) is 0 Å². The molecular formula is C12H17NO2. The van der Waals surface area contributed by atoms with Gasteiger partial charge < -0.3 is 10.5 Å². The molecule has 0 unspecified atom stereocenters. The monoisotopic (exact) mass is 207 g/mol. The summed E-state index contributed by atoms with van der Waals surface area (Å²) in [6.07, 6.45) is 0.526. The van der Waals surface area contributed by atoms with Gasteiger partial charge in [0.15, 0.2) is 0 Å². The van der Waals surface area contributed by atoms with Gasteiger partial charge in [0.1, 0.15) is 11.5 Å². The molecule has 0 atom stereocenters. The Morgan fingerprint density at radius 2 is 2.13 bits per heavy atom. The molecule has 0 fully saturated rings. The summed E-state index contributed by atoms with van der Waals surface area (Å²) < 4.78 is 5.50.